The van der Waals surface area contributed by atoms with Gasteiger partial charge in [0.1, 0.15) is 0 Å². The molecule has 7 heteroatoms. The number of carbonyl (C=O) groups excluding carboxylic acids is 1. The summed E-state index contributed by atoms with van der Waals surface area (Å²) in [6.07, 6.45) is 1.32. The van der Waals surface area contributed by atoms with E-state index in [-0.39, 0.29) is 23.1 Å². The molecule has 0 aromatic heterocycles. The van der Waals surface area contributed by atoms with Gasteiger partial charge in [-0.1, -0.05) is 6.07 Å². The highest BCUT2D eigenvalue weighted by molar-refractivity contribution is 5.81. The molecule has 0 radical (unpaired) electrons. The van der Waals surface area contributed by atoms with Crippen LogP contribution in [0.4, 0.5) is 0 Å². The van der Waals surface area contributed by atoms with E-state index in [9.17, 15) is 9.59 Å². The van der Waals surface area contributed by atoms with Gasteiger partial charge in [-0.25, -0.2) is 0 Å². The summed E-state index contributed by atoms with van der Waals surface area (Å²) in [6.45, 7) is 4.27. The Kier molecular flexibility index (Phi) is 7.17. The van der Waals surface area contributed by atoms with E-state index in [0.717, 1.165) is 27.8 Å². The predicted molar refractivity (Wildman–Crippen MR) is 118 cm³/mol. The van der Waals surface area contributed by atoms with Gasteiger partial charge in [0.25, 0.3) is 0 Å². The smallest absolute Gasteiger partial charge is 0.220 e. The molecule has 0 saturated heterocycles. The quantitative estimate of drug-likeness (QED) is 0.729. The molecule has 0 bridgehead atoms. The van der Waals surface area contributed by atoms with Gasteiger partial charge >= 0.3 is 0 Å². The van der Waals surface area contributed by atoms with Gasteiger partial charge in [-0.15, -0.1) is 0 Å². The first-order valence-electron chi connectivity index (χ1n) is 10.3. The van der Waals surface area contributed by atoms with Crippen LogP contribution in [0.15, 0.2) is 29.1 Å². The van der Waals surface area contributed by atoms with Gasteiger partial charge in [-0.3, -0.25) is 9.59 Å². The Morgan fingerprint density at radius 2 is 1.84 bits per heavy atom. The largest absolute Gasteiger partial charge is 0.493 e. The molecule has 31 heavy (non-hydrogen) atoms. The van der Waals surface area contributed by atoms with Gasteiger partial charge in [0.05, 0.1) is 34.0 Å². The number of ether oxygens (including phenoxy) is 4. The van der Waals surface area contributed by atoms with Crippen molar-refractivity contribution >= 4 is 5.91 Å². The monoisotopic (exact) mass is 427 g/mol. The molecule has 1 amide bonds. The van der Waals surface area contributed by atoms with Crippen LogP contribution in [0.3, 0.4) is 0 Å². The molecule has 0 fully saturated rings. The molecule has 0 aliphatic heterocycles. The maximum atomic E-state index is 12.8. The van der Waals surface area contributed by atoms with Crippen LogP contribution in [0, 0.1) is 0 Å². The van der Waals surface area contributed by atoms with Crippen molar-refractivity contribution in [3.8, 4) is 28.4 Å². The molecule has 1 atom stereocenters. The third kappa shape index (κ3) is 4.51. The van der Waals surface area contributed by atoms with E-state index in [1.165, 1.54) is 14.0 Å². The van der Waals surface area contributed by atoms with Crippen LogP contribution >= 0.6 is 0 Å². The summed E-state index contributed by atoms with van der Waals surface area (Å²) in [7, 11) is 4.67. The third-order valence-electron chi connectivity index (χ3n) is 5.49. The second-order valence-corrected chi connectivity index (χ2v) is 7.33. The minimum Gasteiger partial charge on any atom is -0.493 e. The summed E-state index contributed by atoms with van der Waals surface area (Å²) in [4.78, 5) is 24.7. The zero-order valence-corrected chi connectivity index (χ0v) is 18.7. The summed E-state index contributed by atoms with van der Waals surface area (Å²) in [5, 5.41) is 3.00. The van der Waals surface area contributed by atoms with Crippen molar-refractivity contribution in [3.63, 3.8) is 0 Å². The molecule has 0 unspecified atom stereocenters. The van der Waals surface area contributed by atoms with Crippen LogP contribution in [-0.2, 0) is 22.6 Å². The highest BCUT2D eigenvalue weighted by Gasteiger charge is 2.28. The minimum atomic E-state index is -0.318. The Morgan fingerprint density at radius 1 is 1.10 bits per heavy atom. The molecule has 166 valence electrons. The van der Waals surface area contributed by atoms with Crippen molar-refractivity contribution in [1.82, 2.24) is 5.32 Å². The zero-order valence-electron chi connectivity index (χ0n) is 18.7. The molecule has 1 N–H and O–H groups in total. The number of fused-ring (bicyclic) bond motifs is 3. The van der Waals surface area contributed by atoms with Crippen molar-refractivity contribution in [2.75, 3.05) is 27.9 Å². The van der Waals surface area contributed by atoms with E-state index in [0.29, 0.717) is 37.6 Å². The molecule has 0 heterocycles. The van der Waals surface area contributed by atoms with Gasteiger partial charge < -0.3 is 24.3 Å². The van der Waals surface area contributed by atoms with Crippen molar-refractivity contribution in [2.45, 2.75) is 39.3 Å². The molecule has 0 saturated carbocycles. The molecule has 1 aliphatic rings. The second-order valence-electron chi connectivity index (χ2n) is 7.33. The van der Waals surface area contributed by atoms with Gasteiger partial charge in [0, 0.05) is 19.1 Å². The summed E-state index contributed by atoms with van der Waals surface area (Å²) in [5.41, 5.74) is 4.16. The maximum absolute atomic E-state index is 12.8. The molecular formula is C24H29NO6. The lowest BCUT2D eigenvalue weighted by molar-refractivity contribution is -0.119. The van der Waals surface area contributed by atoms with Gasteiger partial charge in [-0.2, -0.15) is 0 Å². The SMILES string of the molecule is CCOCc1c(OC)c(OC)cc2c1-c1ccc(OC)c(=O)cc1[C@@H](NC(C)=O)CC2. The highest BCUT2D eigenvalue weighted by atomic mass is 16.5. The summed E-state index contributed by atoms with van der Waals surface area (Å²) in [5.74, 6) is 1.30. The van der Waals surface area contributed by atoms with Crippen LogP contribution in [0.25, 0.3) is 11.1 Å². The highest BCUT2D eigenvalue weighted by Crippen LogP contribution is 2.46. The molecule has 7 nitrogen and oxygen atoms in total. The summed E-state index contributed by atoms with van der Waals surface area (Å²) >= 11 is 0. The first kappa shape index (κ1) is 22.6. The molecule has 0 spiro atoms. The Labute approximate surface area is 182 Å². The molecule has 3 rings (SSSR count). The Morgan fingerprint density at radius 3 is 2.45 bits per heavy atom. The standard InChI is InChI=1S/C24H29NO6/c1-6-31-13-18-23-15(11-22(29-4)24(18)30-5)7-9-19(25-14(2)26)17-12-20(27)21(28-3)10-8-16(17)23/h8,10-12,19H,6-7,9,13H2,1-5H3,(H,25,26)/t19-/m0/s1. The lowest BCUT2D eigenvalue weighted by Crippen LogP contribution is -2.26. The predicted octanol–water partition coefficient (Wildman–Crippen LogP) is 3.40. The number of benzene rings is 1. The van der Waals surface area contributed by atoms with Gasteiger partial charge in [0.2, 0.25) is 11.3 Å². The van der Waals surface area contributed by atoms with Crippen molar-refractivity contribution in [2.24, 2.45) is 0 Å². The molecule has 2 aromatic rings. The zero-order chi connectivity index (χ0) is 22.5. The first-order valence-corrected chi connectivity index (χ1v) is 10.3. The Bertz CT molecular complexity index is 1030. The summed E-state index contributed by atoms with van der Waals surface area (Å²) in [6, 6.07) is 6.75. The number of methoxy groups -OCH3 is 3. The van der Waals surface area contributed by atoms with E-state index in [4.69, 9.17) is 18.9 Å². The van der Waals surface area contributed by atoms with E-state index in [2.05, 4.69) is 5.32 Å². The Balaban J connectivity index is 2.40. The minimum absolute atomic E-state index is 0.155. The van der Waals surface area contributed by atoms with Crippen LogP contribution in [0.2, 0.25) is 0 Å². The van der Waals surface area contributed by atoms with E-state index in [1.54, 1.807) is 26.4 Å². The number of hydrogen-bond acceptors (Lipinski definition) is 6. The number of carbonyl (C=O) groups is 1. The number of aryl methyl sites for hydroxylation is 1. The molecule has 1 aliphatic carbocycles. The molecule has 2 aromatic carbocycles. The van der Waals surface area contributed by atoms with Crippen LogP contribution in [0.5, 0.6) is 17.2 Å². The second kappa shape index (κ2) is 9.83. The fraction of sp³-hybridized carbons (Fsp3) is 0.417. The molecular weight excluding hydrogens is 398 g/mol. The Hall–Kier alpha value is -3.06. The van der Waals surface area contributed by atoms with Crippen molar-refractivity contribution < 1.29 is 23.7 Å². The lowest BCUT2D eigenvalue weighted by atomic mass is 9.92. The third-order valence-corrected chi connectivity index (χ3v) is 5.49. The number of amides is 1. The van der Waals surface area contributed by atoms with E-state index < -0.39 is 0 Å². The van der Waals surface area contributed by atoms with E-state index in [1.807, 2.05) is 19.1 Å². The lowest BCUT2D eigenvalue weighted by Gasteiger charge is -2.21. The maximum Gasteiger partial charge on any atom is 0.220 e. The fourth-order valence-corrected chi connectivity index (χ4v) is 4.16. The van der Waals surface area contributed by atoms with Crippen molar-refractivity contribution in [3.05, 3.63) is 51.2 Å². The summed E-state index contributed by atoms with van der Waals surface area (Å²) < 4.78 is 22.3. The topological polar surface area (TPSA) is 83.1 Å². The number of nitrogens with one attached hydrogen (secondary N) is 1. The fourth-order valence-electron chi connectivity index (χ4n) is 4.16. The van der Waals surface area contributed by atoms with Crippen molar-refractivity contribution in [1.29, 1.82) is 0 Å². The van der Waals surface area contributed by atoms with E-state index >= 15 is 0 Å². The van der Waals surface area contributed by atoms with Gasteiger partial charge in [0.15, 0.2) is 17.2 Å². The van der Waals surface area contributed by atoms with Crippen LogP contribution < -0.4 is 25.0 Å². The van der Waals surface area contributed by atoms with Crippen LogP contribution in [-0.4, -0.2) is 33.8 Å². The first-order chi connectivity index (χ1) is 14.9. The average Bonchev–Trinajstić information content (AvgIpc) is 2.99. The normalized spacial score (nSPS) is 14.7. The number of rotatable bonds is 7. The number of hydrogen-bond donors (Lipinski definition) is 1. The van der Waals surface area contributed by atoms with Gasteiger partial charge in [-0.05, 0) is 60.2 Å². The van der Waals surface area contributed by atoms with Crippen LogP contribution in [0.1, 0.15) is 43.0 Å². The average molecular weight is 427 g/mol.